The fourth-order valence-electron chi connectivity index (χ4n) is 1.99. The number of fused-ring (bicyclic) bond motifs is 1. The number of aromatic amines is 1. The highest BCUT2D eigenvalue weighted by molar-refractivity contribution is 7.92. The van der Waals surface area contributed by atoms with Crippen molar-refractivity contribution in [2.45, 2.75) is 11.8 Å². The van der Waals surface area contributed by atoms with E-state index in [1.54, 1.807) is 37.3 Å². The molecule has 0 aliphatic carbocycles. The average Bonchev–Trinajstić information content (AvgIpc) is 2.88. The lowest BCUT2D eigenvalue weighted by Crippen LogP contribution is -2.14. The molecule has 0 saturated carbocycles. The molecule has 21 heavy (non-hydrogen) atoms. The maximum absolute atomic E-state index is 12.4. The number of benzene rings is 2. The highest BCUT2D eigenvalue weighted by Gasteiger charge is 2.18. The molecule has 8 heteroatoms. The maximum Gasteiger partial charge on any atom is 0.262 e. The van der Waals surface area contributed by atoms with Crippen molar-refractivity contribution < 1.29 is 8.42 Å². The molecule has 0 radical (unpaired) electrons. The number of rotatable bonds is 3. The molecule has 2 N–H and O–H groups in total. The summed E-state index contributed by atoms with van der Waals surface area (Å²) in [7, 11) is -3.71. The summed E-state index contributed by atoms with van der Waals surface area (Å²) in [4.78, 5) is 0.148. The van der Waals surface area contributed by atoms with E-state index in [0.29, 0.717) is 27.3 Å². The van der Waals surface area contributed by atoms with Crippen LogP contribution >= 0.6 is 11.6 Å². The second-order valence-electron chi connectivity index (χ2n) is 4.50. The lowest BCUT2D eigenvalue weighted by atomic mass is 10.2. The summed E-state index contributed by atoms with van der Waals surface area (Å²) in [5, 5.41) is 10.7. The first-order valence-electron chi connectivity index (χ1n) is 6.06. The van der Waals surface area contributed by atoms with Crippen LogP contribution < -0.4 is 4.72 Å². The smallest absolute Gasteiger partial charge is 0.262 e. The lowest BCUT2D eigenvalue weighted by molar-refractivity contribution is 0.600. The Morgan fingerprint density at radius 2 is 1.90 bits per heavy atom. The van der Waals surface area contributed by atoms with E-state index in [4.69, 9.17) is 11.6 Å². The molecular formula is C13H11ClN4O2S. The molecule has 3 rings (SSSR count). The standard InChI is InChI=1S/C13H11ClN4O2S/c1-8-10(14)3-2-4-13(8)21(19,20)17-9-5-6-11-12(7-9)16-18-15-11/h2-7,17H,1H3,(H,15,16,18). The number of nitrogens with zero attached hydrogens (tertiary/aromatic N) is 2. The predicted octanol–water partition coefficient (Wildman–Crippen LogP) is 2.72. The fraction of sp³-hybridized carbons (Fsp3) is 0.0769. The zero-order chi connectivity index (χ0) is 15.0. The second kappa shape index (κ2) is 5.01. The highest BCUT2D eigenvalue weighted by Crippen LogP contribution is 2.25. The first kappa shape index (κ1) is 13.8. The highest BCUT2D eigenvalue weighted by atomic mass is 35.5. The van der Waals surface area contributed by atoms with Gasteiger partial charge in [0.25, 0.3) is 10.0 Å². The zero-order valence-corrected chi connectivity index (χ0v) is 12.5. The van der Waals surface area contributed by atoms with Crippen molar-refractivity contribution in [3.8, 4) is 0 Å². The van der Waals surface area contributed by atoms with E-state index < -0.39 is 10.0 Å². The van der Waals surface area contributed by atoms with Crippen LogP contribution in [0.15, 0.2) is 41.3 Å². The van der Waals surface area contributed by atoms with Crippen molar-refractivity contribution in [3.63, 3.8) is 0 Å². The van der Waals surface area contributed by atoms with Crippen molar-refractivity contribution in [1.29, 1.82) is 0 Å². The molecule has 0 amide bonds. The van der Waals surface area contributed by atoms with Crippen molar-refractivity contribution in [2.24, 2.45) is 0 Å². The van der Waals surface area contributed by atoms with E-state index in [1.165, 1.54) is 6.07 Å². The van der Waals surface area contributed by atoms with Gasteiger partial charge in [-0.3, -0.25) is 4.72 Å². The van der Waals surface area contributed by atoms with Crippen molar-refractivity contribution in [1.82, 2.24) is 15.4 Å². The Hall–Kier alpha value is -2.12. The molecule has 6 nitrogen and oxygen atoms in total. The van der Waals surface area contributed by atoms with E-state index in [0.717, 1.165) is 0 Å². The minimum absolute atomic E-state index is 0.148. The van der Waals surface area contributed by atoms with Crippen LogP contribution in [0.2, 0.25) is 5.02 Å². The van der Waals surface area contributed by atoms with Crippen LogP contribution in [0.25, 0.3) is 11.0 Å². The molecule has 0 spiro atoms. The maximum atomic E-state index is 12.4. The number of hydrogen-bond acceptors (Lipinski definition) is 4. The van der Waals surface area contributed by atoms with E-state index >= 15 is 0 Å². The van der Waals surface area contributed by atoms with E-state index in [1.807, 2.05) is 0 Å². The van der Waals surface area contributed by atoms with E-state index in [9.17, 15) is 8.42 Å². The van der Waals surface area contributed by atoms with Gasteiger partial charge in [0.2, 0.25) is 0 Å². The fourth-order valence-corrected chi connectivity index (χ4v) is 3.54. The van der Waals surface area contributed by atoms with Gasteiger partial charge in [0.1, 0.15) is 11.0 Å². The third-order valence-electron chi connectivity index (χ3n) is 3.08. The first-order chi connectivity index (χ1) is 9.97. The molecule has 0 bridgehead atoms. The van der Waals surface area contributed by atoms with Gasteiger partial charge in [-0.25, -0.2) is 8.42 Å². The molecule has 1 aromatic heterocycles. The van der Waals surface area contributed by atoms with Crippen LogP contribution in [0.1, 0.15) is 5.56 Å². The third kappa shape index (κ3) is 2.57. The van der Waals surface area contributed by atoms with Gasteiger partial charge in [0.15, 0.2) is 0 Å². The summed E-state index contributed by atoms with van der Waals surface area (Å²) in [5.41, 5.74) is 2.17. The molecule has 108 valence electrons. The summed E-state index contributed by atoms with van der Waals surface area (Å²) in [6.45, 7) is 1.66. The topological polar surface area (TPSA) is 87.7 Å². The molecule has 0 fully saturated rings. The van der Waals surface area contributed by atoms with Crippen molar-refractivity contribution in [2.75, 3.05) is 4.72 Å². The predicted molar refractivity (Wildman–Crippen MR) is 80.9 cm³/mol. The van der Waals surface area contributed by atoms with Crippen molar-refractivity contribution >= 4 is 38.3 Å². The van der Waals surface area contributed by atoms with Crippen LogP contribution in [0.5, 0.6) is 0 Å². The number of nitrogens with one attached hydrogen (secondary N) is 2. The van der Waals surface area contributed by atoms with Gasteiger partial charge in [0.05, 0.1) is 10.6 Å². The monoisotopic (exact) mass is 322 g/mol. The van der Waals surface area contributed by atoms with Gasteiger partial charge in [-0.05, 0) is 42.8 Å². The summed E-state index contributed by atoms with van der Waals surface area (Å²) in [5.74, 6) is 0. The summed E-state index contributed by atoms with van der Waals surface area (Å²) in [6, 6.07) is 9.68. The van der Waals surface area contributed by atoms with Gasteiger partial charge in [-0.2, -0.15) is 15.4 Å². The Labute approximate surface area is 126 Å². The van der Waals surface area contributed by atoms with Crippen LogP contribution in [0.3, 0.4) is 0 Å². The molecule has 3 aromatic rings. The van der Waals surface area contributed by atoms with Gasteiger partial charge in [-0.1, -0.05) is 17.7 Å². The number of H-pyrrole nitrogens is 1. The third-order valence-corrected chi connectivity index (χ3v) is 5.01. The Bertz CT molecular complexity index is 921. The lowest BCUT2D eigenvalue weighted by Gasteiger charge is -2.11. The first-order valence-corrected chi connectivity index (χ1v) is 7.92. The summed E-state index contributed by atoms with van der Waals surface area (Å²) in [6.07, 6.45) is 0. The Morgan fingerprint density at radius 1 is 1.14 bits per heavy atom. The van der Waals surface area contributed by atoms with Crippen LogP contribution in [-0.2, 0) is 10.0 Å². The summed E-state index contributed by atoms with van der Waals surface area (Å²) >= 11 is 5.97. The molecule has 0 aliphatic heterocycles. The summed E-state index contributed by atoms with van der Waals surface area (Å²) < 4.78 is 27.4. The van der Waals surface area contributed by atoms with Gasteiger partial charge in [-0.15, -0.1) is 0 Å². The average molecular weight is 323 g/mol. The number of anilines is 1. The normalized spacial score (nSPS) is 11.7. The van der Waals surface area contributed by atoms with Gasteiger partial charge in [0, 0.05) is 5.02 Å². The van der Waals surface area contributed by atoms with Crippen LogP contribution in [0.4, 0.5) is 5.69 Å². The number of hydrogen-bond donors (Lipinski definition) is 2. The SMILES string of the molecule is Cc1c(Cl)cccc1S(=O)(=O)Nc1ccc2n[nH]nc2c1. The molecular weight excluding hydrogens is 312 g/mol. The largest absolute Gasteiger partial charge is 0.280 e. The van der Waals surface area contributed by atoms with Crippen molar-refractivity contribution in [3.05, 3.63) is 47.0 Å². The quantitative estimate of drug-likeness (QED) is 0.776. The number of aromatic nitrogens is 3. The van der Waals surface area contributed by atoms with Crippen LogP contribution in [-0.4, -0.2) is 23.8 Å². The molecule has 0 saturated heterocycles. The molecule has 2 aromatic carbocycles. The van der Waals surface area contributed by atoms with E-state index in [2.05, 4.69) is 20.1 Å². The Morgan fingerprint density at radius 3 is 2.71 bits per heavy atom. The minimum atomic E-state index is -3.71. The second-order valence-corrected chi connectivity index (χ2v) is 6.55. The Balaban J connectivity index is 2.00. The minimum Gasteiger partial charge on any atom is -0.280 e. The van der Waals surface area contributed by atoms with Gasteiger partial charge >= 0.3 is 0 Å². The zero-order valence-electron chi connectivity index (χ0n) is 11.0. The molecule has 0 aliphatic rings. The molecule has 1 heterocycles. The van der Waals surface area contributed by atoms with Gasteiger partial charge < -0.3 is 0 Å². The molecule has 0 unspecified atom stereocenters. The number of sulfonamides is 1. The number of halogens is 1. The molecule has 0 atom stereocenters. The van der Waals surface area contributed by atoms with Crippen LogP contribution in [0, 0.1) is 6.92 Å². The Kier molecular flexibility index (Phi) is 3.30. The van der Waals surface area contributed by atoms with E-state index in [-0.39, 0.29) is 4.90 Å².